The first-order chi connectivity index (χ1) is 21.3. The number of carbonyl (C=O) groups excluding carboxylic acids is 1. The molecule has 226 valence electrons. The Labute approximate surface area is 255 Å². The molecule has 0 aliphatic rings. The number of ether oxygens (including phenoxy) is 3. The van der Waals surface area contributed by atoms with Gasteiger partial charge in [-0.05, 0) is 54.4 Å². The third-order valence-electron chi connectivity index (χ3n) is 6.62. The van der Waals surface area contributed by atoms with E-state index in [-0.39, 0.29) is 28.9 Å². The second kappa shape index (κ2) is 13.3. The van der Waals surface area contributed by atoms with Crippen LogP contribution in [0.25, 0.3) is 11.0 Å². The van der Waals surface area contributed by atoms with E-state index in [1.165, 1.54) is 26.4 Å². The number of benzene rings is 4. The third-order valence-corrected chi connectivity index (χ3v) is 7.96. The van der Waals surface area contributed by atoms with E-state index < -0.39 is 10.0 Å². The number of aromatic nitrogens is 2. The van der Waals surface area contributed by atoms with Gasteiger partial charge >= 0.3 is 0 Å². The first-order valence-electron chi connectivity index (χ1n) is 13.6. The number of sulfonamides is 1. The maximum Gasteiger partial charge on any atom is 0.263 e. The quantitative estimate of drug-likeness (QED) is 0.160. The Morgan fingerprint density at radius 1 is 0.705 bits per heavy atom. The minimum atomic E-state index is -4.15. The molecule has 12 heteroatoms. The monoisotopic (exact) mass is 613 g/mol. The average Bonchev–Trinajstić information content (AvgIpc) is 3.04. The Hall–Kier alpha value is -5.36. The summed E-state index contributed by atoms with van der Waals surface area (Å²) in [5.41, 5.74) is 2.90. The lowest BCUT2D eigenvalue weighted by Gasteiger charge is -2.15. The topological polar surface area (TPSA) is 141 Å². The Morgan fingerprint density at radius 3 is 2.05 bits per heavy atom. The van der Waals surface area contributed by atoms with Crippen molar-refractivity contribution in [3.8, 4) is 17.2 Å². The van der Waals surface area contributed by atoms with Gasteiger partial charge in [0.2, 0.25) is 5.91 Å². The molecule has 0 saturated heterocycles. The fourth-order valence-electron chi connectivity index (χ4n) is 4.41. The van der Waals surface area contributed by atoms with Crippen molar-refractivity contribution >= 4 is 50.0 Å². The summed E-state index contributed by atoms with van der Waals surface area (Å²) in [4.78, 5) is 21.8. The van der Waals surface area contributed by atoms with E-state index in [2.05, 4.69) is 25.3 Å². The molecule has 4 aromatic carbocycles. The summed E-state index contributed by atoms with van der Waals surface area (Å²) < 4.78 is 45.7. The molecule has 0 unspecified atom stereocenters. The van der Waals surface area contributed by atoms with Crippen LogP contribution in [0.5, 0.6) is 17.2 Å². The lowest BCUT2D eigenvalue weighted by molar-refractivity contribution is -0.116. The number of rotatable bonds is 12. The van der Waals surface area contributed by atoms with E-state index in [9.17, 15) is 13.2 Å². The van der Waals surface area contributed by atoms with E-state index in [4.69, 9.17) is 14.2 Å². The molecule has 5 rings (SSSR count). The highest BCUT2D eigenvalue weighted by molar-refractivity contribution is 7.92. The van der Waals surface area contributed by atoms with Gasteiger partial charge in [0.25, 0.3) is 10.0 Å². The summed E-state index contributed by atoms with van der Waals surface area (Å²) in [6, 6.07) is 25.8. The van der Waals surface area contributed by atoms with Crippen molar-refractivity contribution in [1.29, 1.82) is 0 Å². The second-order valence-corrected chi connectivity index (χ2v) is 11.4. The Bertz CT molecular complexity index is 1890. The van der Waals surface area contributed by atoms with Crippen LogP contribution in [0.3, 0.4) is 0 Å². The molecule has 5 aromatic rings. The van der Waals surface area contributed by atoms with Crippen LogP contribution in [-0.2, 0) is 21.2 Å². The molecule has 0 aliphatic carbocycles. The van der Waals surface area contributed by atoms with Crippen LogP contribution < -0.4 is 29.6 Å². The number of methoxy groups -OCH3 is 3. The number of carbonyl (C=O) groups is 1. The number of amides is 1. The second-order valence-electron chi connectivity index (χ2n) is 9.67. The summed E-state index contributed by atoms with van der Waals surface area (Å²) in [5, 5.41) is 5.92. The largest absolute Gasteiger partial charge is 0.497 e. The van der Waals surface area contributed by atoms with E-state index in [1.54, 1.807) is 55.6 Å². The number of hydrogen-bond donors (Lipinski definition) is 3. The van der Waals surface area contributed by atoms with Crippen molar-refractivity contribution in [2.75, 3.05) is 36.7 Å². The maximum absolute atomic E-state index is 13.6. The molecule has 0 aliphatic heterocycles. The minimum Gasteiger partial charge on any atom is -0.497 e. The molecule has 0 atom stereocenters. The molecule has 1 heterocycles. The summed E-state index contributed by atoms with van der Waals surface area (Å²) in [6.07, 6.45) is 0.706. The number of hydrogen-bond acceptors (Lipinski definition) is 9. The fourth-order valence-corrected chi connectivity index (χ4v) is 5.47. The number of fused-ring (bicyclic) bond motifs is 1. The van der Waals surface area contributed by atoms with Crippen LogP contribution in [0.15, 0.2) is 95.9 Å². The molecule has 11 nitrogen and oxygen atoms in total. The maximum atomic E-state index is 13.6. The zero-order valence-corrected chi connectivity index (χ0v) is 25.1. The first-order valence-corrected chi connectivity index (χ1v) is 15.1. The van der Waals surface area contributed by atoms with Gasteiger partial charge in [0, 0.05) is 36.0 Å². The van der Waals surface area contributed by atoms with Crippen molar-refractivity contribution in [2.24, 2.45) is 0 Å². The third kappa shape index (κ3) is 7.34. The molecule has 3 N–H and O–H groups in total. The summed E-state index contributed by atoms with van der Waals surface area (Å²) >= 11 is 0. The molecular formula is C32H31N5O6S. The zero-order chi connectivity index (χ0) is 31.1. The molecule has 0 fully saturated rings. The van der Waals surface area contributed by atoms with E-state index in [0.29, 0.717) is 46.1 Å². The molecule has 0 radical (unpaired) electrons. The normalized spacial score (nSPS) is 11.1. The van der Waals surface area contributed by atoms with Gasteiger partial charge < -0.3 is 24.8 Å². The van der Waals surface area contributed by atoms with Crippen LogP contribution in [0.1, 0.15) is 12.0 Å². The highest BCUT2D eigenvalue weighted by atomic mass is 32.2. The number of nitrogens with one attached hydrogen (secondary N) is 3. The van der Waals surface area contributed by atoms with Crippen LogP contribution >= 0.6 is 0 Å². The Kier molecular flexibility index (Phi) is 9.10. The van der Waals surface area contributed by atoms with Crippen molar-refractivity contribution < 1.29 is 27.4 Å². The number of aryl methyl sites for hydroxylation is 1. The Morgan fingerprint density at radius 2 is 1.36 bits per heavy atom. The molecule has 0 spiro atoms. The lowest BCUT2D eigenvalue weighted by Crippen LogP contribution is -2.17. The van der Waals surface area contributed by atoms with Crippen molar-refractivity contribution in [1.82, 2.24) is 9.97 Å². The fraction of sp³-hybridized carbons (Fsp3) is 0.156. The summed E-state index contributed by atoms with van der Waals surface area (Å²) in [7, 11) is 0.502. The van der Waals surface area contributed by atoms with Gasteiger partial charge in [0.05, 0.1) is 37.3 Å². The van der Waals surface area contributed by atoms with Crippen LogP contribution in [0, 0.1) is 0 Å². The number of para-hydroxylation sites is 2. The van der Waals surface area contributed by atoms with Gasteiger partial charge in [-0.25, -0.2) is 18.4 Å². The molecular weight excluding hydrogens is 582 g/mol. The van der Waals surface area contributed by atoms with Gasteiger partial charge in [0.15, 0.2) is 11.6 Å². The van der Waals surface area contributed by atoms with Gasteiger partial charge in [-0.15, -0.1) is 0 Å². The number of anilines is 4. The predicted octanol–water partition coefficient (Wildman–Crippen LogP) is 5.77. The van der Waals surface area contributed by atoms with E-state index >= 15 is 0 Å². The van der Waals surface area contributed by atoms with Gasteiger partial charge in [-0.2, -0.15) is 0 Å². The van der Waals surface area contributed by atoms with Crippen molar-refractivity contribution in [3.05, 3.63) is 96.6 Å². The number of nitrogens with zero attached hydrogens (tertiary/aromatic N) is 2. The minimum absolute atomic E-state index is 0.0155. The summed E-state index contributed by atoms with van der Waals surface area (Å²) in [5.74, 6) is 1.68. The van der Waals surface area contributed by atoms with Crippen molar-refractivity contribution in [2.45, 2.75) is 17.7 Å². The molecule has 44 heavy (non-hydrogen) atoms. The predicted molar refractivity (Wildman–Crippen MR) is 170 cm³/mol. The zero-order valence-electron chi connectivity index (χ0n) is 24.3. The highest BCUT2D eigenvalue weighted by Crippen LogP contribution is 2.31. The standard InChI is InChI=1S/C32H31N5O6S/c1-41-24-10-6-8-21(16-24)14-15-30(38)33-22-9-7-11-27(19-22)44(39,40)37-32-31(35-28-12-4-5-13-29(28)36-32)34-23-17-25(42-2)20-26(18-23)43-3/h4-13,16-20H,14-15H2,1-3H3,(H,33,38)(H,34,35)(H,36,37). The van der Waals surface area contributed by atoms with E-state index in [1.807, 2.05) is 30.3 Å². The van der Waals surface area contributed by atoms with Gasteiger partial charge in [-0.1, -0.05) is 30.3 Å². The lowest BCUT2D eigenvalue weighted by atomic mass is 10.1. The smallest absolute Gasteiger partial charge is 0.263 e. The van der Waals surface area contributed by atoms with Crippen LogP contribution in [0.4, 0.5) is 23.0 Å². The molecule has 0 bridgehead atoms. The van der Waals surface area contributed by atoms with Crippen LogP contribution in [0.2, 0.25) is 0 Å². The van der Waals surface area contributed by atoms with E-state index in [0.717, 1.165) is 5.56 Å². The van der Waals surface area contributed by atoms with Crippen molar-refractivity contribution in [3.63, 3.8) is 0 Å². The summed E-state index contributed by atoms with van der Waals surface area (Å²) in [6.45, 7) is 0. The highest BCUT2D eigenvalue weighted by Gasteiger charge is 2.20. The molecule has 0 saturated carbocycles. The van der Waals surface area contributed by atoms with Crippen LogP contribution in [-0.4, -0.2) is 45.6 Å². The van der Waals surface area contributed by atoms with Gasteiger partial charge in [-0.3, -0.25) is 9.52 Å². The SMILES string of the molecule is COc1cccc(CCC(=O)Nc2cccc(S(=O)(=O)Nc3nc4ccccc4nc3Nc3cc(OC)cc(OC)c3)c2)c1. The molecule has 1 aromatic heterocycles. The first kappa shape index (κ1) is 30.1. The molecule has 1 amide bonds. The average molecular weight is 614 g/mol. The Balaban J connectivity index is 1.37. The van der Waals surface area contributed by atoms with Gasteiger partial charge in [0.1, 0.15) is 17.2 Å².